The van der Waals surface area contributed by atoms with Crippen molar-refractivity contribution >= 4 is 39.0 Å². The zero-order valence-corrected chi connectivity index (χ0v) is 32.4. The second-order valence-electron chi connectivity index (χ2n) is 17.1. The van der Waals surface area contributed by atoms with Crippen molar-refractivity contribution in [1.29, 1.82) is 0 Å². The minimum atomic E-state index is -4.00. The number of hydrogen-bond donors (Lipinski definition) is 1. The Morgan fingerprint density at radius 3 is 2.25 bits per heavy atom. The van der Waals surface area contributed by atoms with Crippen molar-refractivity contribution in [3.63, 3.8) is 0 Å². The van der Waals surface area contributed by atoms with Gasteiger partial charge in [0, 0.05) is 86.6 Å². The highest BCUT2D eigenvalue weighted by Crippen LogP contribution is 2.66. The maximum atomic E-state index is 15.0. The number of rotatable bonds is 6. The van der Waals surface area contributed by atoms with Gasteiger partial charge in [-0.25, -0.2) is 9.52 Å². The quantitative estimate of drug-likeness (QED) is 0.342. The minimum Gasteiger partial charge on any atom is -0.497 e. The number of methoxy groups -OCH3 is 1. The smallest absolute Gasteiger partial charge is 0.410 e. The Bertz CT molecular complexity index is 2100. The van der Waals surface area contributed by atoms with Crippen molar-refractivity contribution in [3.8, 4) is 17.0 Å². The van der Waals surface area contributed by atoms with Crippen LogP contribution in [0.2, 0.25) is 0 Å². The van der Waals surface area contributed by atoms with Crippen LogP contribution in [0.3, 0.4) is 0 Å². The average molecular weight is 746 g/mol. The molecule has 3 aliphatic heterocycles. The van der Waals surface area contributed by atoms with E-state index < -0.39 is 27.1 Å². The van der Waals surface area contributed by atoms with E-state index in [4.69, 9.17) is 9.47 Å². The minimum absolute atomic E-state index is 0.00956. The molecule has 3 amide bonds. The molecule has 4 unspecified atom stereocenters. The van der Waals surface area contributed by atoms with Gasteiger partial charge in [-0.15, -0.1) is 0 Å². The fourth-order valence-electron chi connectivity index (χ4n) is 9.64. The molecular weight excluding hydrogens is 695 g/mol. The molecule has 8 rings (SSSR count). The van der Waals surface area contributed by atoms with Gasteiger partial charge in [0.05, 0.1) is 18.2 Å². The summed E-state index contributed by atoms with van der Waals surface area (Å²) in [5.41, 5.74) is 4.36. The molecule has 4 heterocycles. The van der Waals surface area contributed by atoms with Crippen molar-refractivity contribution < 1.29 is 32.3 Å². The van der Waals surface area contributed by atoms with Crippen molar-refractivity contribution in [2.24, 2.45) is 17.3 Å². The Kier molecular flexibility index (Phi) is 8.64. The highest BCUT2D eigenvalue weighted by atomic mass is 32.2. The number of benzene rings is 2. The first-order valence-corrected chi connectivity index (χ1v) is 20.4. The van der Waals surface area contributed by atoms with Crippen LogP contribution in [0.1, 0.15) is 92.6 Å². The van der Waals surface area contributed by atoms with Crippen LogP contribution in [-0.4, -0.2) is 98.0 Å². The van der Waals surface area contributed by atoms with E-state index in [0.29, 0.717) is 45.1 Å². The second-order valence-corrected chi connectivity index (χ2v) is 19.0. The maximum Gasteiger partial charge on any atom is 0.410 e. The van der Waals surface area contributed by atoms with Crippen LogP contribution in [-0.2, 0) is 26.3 Å². The van der Waals surface area contributed by atoms with E-state index in [1.165, 1.54) is 26.1 Å². The SMILES string of the molecule is COc1ccc2c(c1)C1CC1(C(=O)N1CC3CN(C(=O)OC(C)(C)C)CC3C1)Cn1c-2c(C2CCCCC2)c2ccc(C(=O)NS(=O)(=O)N(C)C)cc21. The fourth-order valence-corrected chi connectivity index (χ4v) is 10.2. The largest absolute Gasteiger partial charge is 0.497 e. The second kappa shape index (κ2) is 12.8. The van der Waals surface area contributed by atoms with E-state index in [2.05, 4.69) is 21.4 Å². The number of aromatic nitrogens is 1. The number of nitrogens with zero attached hydrogens (tertiary/aromatic N) is 4. The van der Waals surface area contributed by atoms with Crippen LogP contribution in [0, 0.1) is 17.3 Å². The molecule has 1 N–H and O–H groups in total. The molecule has 0 radical (unpaired) electrons. The Morgan fingerprint density at radius 2 is 1.60 bits per heavy atom. The molecule has 1 aromatic heterocycles. The molecule has 5 aliphatic rings. The summed E-state index contributed by atoms with van der Waals surface area (Å²) in [6.45, 7) is 8.41. The molecule has 4 fully saturated rings. The Morgan fingerprint density at radius 1 is 0.925 bits per heavy atom. The topological polar surface area (TPSA) is 130 Å². The van der Waals surface area contributed by atoms with Gasteiger partial charge in [-0.05, 0) is 87.4 Å². The molecule has 12 nitrogen and oxygen atoms in total. The van der Waals surface area contributed by atoms with E-state index in [1.54, 1.807) is 24.1 Å². The number of hydrogen-bond acceptors (Lipinski definition) is 7. The van der Waals surface area contributed by atoms with Crippen LogP contribution in [0.5, 0.6) is 5.75 Å². The number of likely N-dealkylation sites (tertiary alicyclic amines) is 2. The molecule has 284 valence electrons. The number of fused-ring (bicyclic) bond motifs is 8. The molecule has 3 aromatic rings. The summed E-state index contributed by atoms with van der Waals surface area (Å²) in [5.74, 6) is 0.877. The first-order valence-electron chi connectivity index (χ1n) is 19.0. The third-order valence-corrected chi connectivity index (χ3v) is 13.7. The summed E-state index contributed by atoms with van der Waals surface area (Å²) in [4.78, 5) is 45.1. The molecular formula is C40H51N5O7S. The van der Waals surface area contributed by atoms with Gasteiger partial charge in [0.15, 0.2) is 0 Å². The van der Waals surface area contributed by atoms with Gasteiger partial charge in [0.1, 0.15) is 11.4 Å². The van der Waals surface area contributed by atoms with E-state index in [0.717, 1.165) is 63.5 Å². The van der Waals surface area contributed by atoms with Gasteiger partial charge in [0.25, 0.3) is 5.91 Å². The van der Waals surface area contributed by atoms with E-state index in [9.17, 15) is 18.0 Å². The van der Waals surface area contributed by atoms with E-state index in [1.807, 2.05) is 37.8 Å². The van der Waals surface area contributed by atoms with Gasteiger partial charge in [-0.3, -0.25) is 9.59 Å². The Balaban J connectivity index is 1.20. The lowest BCUT2D eigenvalue weighted by Crippen LogP contribution is -2.41. The van der Waals surface area contributed by atoms with Crippen molar-refractivity contribution in [1.82, 2.24) is 23.4 Å². The number of nitrogens with one attached hydrogen (secondary N) is 1. The van der Waals surface area contributed by atoms with Gasteiger partial charge < -0.3 is 23.8 Å². The molecule has 2 saturated carbocycles. The zero-order valence-electron chi connectivity index (χ0n) is 31.6. The van der Waals surface area contributed by atoms with Crippen molar-refractivity contribution in [2.75, 3.05) is 47.4 Å². The summed E-state index contributed by atoms with van der Waals surface area (Å²) in [6.07, 6.45) is 6.01. The zero-order chi connectivity index (χ0) is 37.6. The number of amides is 3. The summed E-state index contributed by atoms with van der Waals surface area (Å²) in [6, 6.07) is 11.7. The van der Waals surface area contributed by atoms with Crippen LogP contribution in [0.15, 0.2) is 36.4 Å². The van der Waals surface area contributed by atoms with Gasteiger partial charge in [-0.1, -0.05) is 25.3 Å². The Labute approximate surface area is 311 Å². The maximum absolute atomic E-state index is 15.0. The van der Waals surface area contributed by atoms with Crippen molar-refractivity contribution in [3.05, 3.63) is 53.1 Å². The molecule has 13 heteroatoms. The summed E-state index contributed by atoms with van der Waals surface area (Å²) in [7, 11) is 0.421. The lowest BCUT2D eigenvalue weighted by Gasteiger charge is -2.28. The van der Waals surface area contributed by atoms with Crippen LogP contribution < -0.4 is 9.46 Å². The molecule has 2 aliphatic carbocycles. The number of carbonyl (C=O) groups excluding carboxylic acids is 3. The number of carbonyl (C=O) groups is 3. The monoisotopic (exact) mass is 745 g/mol. The first-order chi connectivity index (χ1) is 25.1. The molecule has 0 bridgehead atoms. The van der Waals surface area contributed by atoms with Gasteiger partial charge in [0.2, 0.25) is 5.91 Å². The molecule has 2 aromatic carbocycles. The summed E-state index contributed by atoms with van der Waals surface area (Å²) in [5, 5.41) is 1.04. The first kappa shape index (κ1) is 35.9. The van der Waals surface area contributed by atoms with Crippen molar-refractivity contribution in [2.45, 2.75) is 83.3 Å². The van der Waals surface area contributed by atoms with E-state index in [-0.39, 0.29) is 35.3 Å². The average Bonchev–Trinajstić information content (AvgIpc) is 3.34. The molecule has 2 saturated heterocycles. The lowest BCUT2D eigenvalue weighted by atomic mass is 9.81. The number of ether oxygens (including phenoxy) is 2. The predicted molar refractivity (Wildman–Crippen MR) is 201 cm³/mol. The molecule has 0 spiro atoms. The highest BCUT2D eigenvalue weighted by molar-refractivity contribution is 7.87. The predicted octanol–water partition coefficient (Wildman–Crippen LogP) is 5.71. The summed E-state index contributed by atoms with van der Waals surface area (Å²) >= 11 is 0. The Hall–Kier alpha value is -4.10. The standard InChI is InChI=1S/C40H51N5O7S/c1-39(2,3)52-38(48)44-21-26-19-43(20-27(26)22-44)37(47)40-18-32(40)31-17-28(51-6)13-15-29(31)35-34(24-10-8-7-9-11-24)30-14-12-25(16-33(30)45(35)23-40)36(46)41-53(49,50)42(4)5/h12-17,24,26-27,32H,7-11,18-23H2,1-6H3,(H,41,46). The van der Waals surface area contributed by atoms with E-state index >= 15 is 4.79 Å². The lowest BCUT2D eigenvalue weighted by molar-refractivity contribution is -0.137. The normalized spacial score (nSPS) is 25.4. The van der Waals surface area contributed by atoms with Crippen LogP contribution in [0.25, 0.3) is 22.2 Å². The summed E-state index contributed by atoms with van der Waals surface area (Å²) < 4.78 is 42.1. The fraction of sp³-hybridized carbons (Fsp3) is 0.575. The third-order valence-electron chi connectivity index (χ3n) is 12.3. The van der Waals surface area contributed by atoms with Crippen LogP contribution in [0.4, 0.5) is 4.79 Å². The van der Waals surface area contributed by atoms with Crippen LogP contribution >= 0.6 is 0 Å². The third kappa shape index (κ3) is 6.17. The van der Waals surface area contributed by atoms with Gasteiger partial charge >= 0.3 is 16.3 Å². The molecule has 4 atom stereocenters. The van der Waals surface area contributed by atoms with Gasteiger partial charge in [-0.2, -0.15) is 12.7 Å². The molecule has 53 heavy (non-hydrogen) atoms. The highest BCUT2D eigenvalue weighted by Gasteiger charge is 2.65.